The van der Waals surface area contributed by atoms with Crippen LogP contribution in [0.4, 0.5) is 0 Å². The van der Waals surface area contributed by atoms with Crippen LogP contribution in [-0.4, -0.2) is 0 Å². The molecule has 0 aromatic carbocycles. The maximum Gasteiger partial charge on any atom is -0.0269 e. The molecule has 56 heavy (non-hydrogen) atoms. The lowest BCUT2D eigenvalue weighted by atomic mass is 9.62. The summed E-state index contributed by atoms with van der Waals surface area (Å²) in [5.74, 6) is 0.991. The van der Waals surface area contributed by atoms with Crippen molar-refractivity contribution >= 4 is 0 Å². The Labute approximate surface area is 359 Å². The molecule has 338 valence electrons. The molecule has 0 aromatic heterocycles. The van der Waals surface area contributed by atoms with E-state index >= 15 is 0 Å². The van der Waals surface area contributed by atoms with Gasteiger partial charge in [-0.1, -0.05) is 317 Å². The fourth-order valence-electron chi connectivity index (χ4n) is 10.3. The van der Waals surface area contributed by atoms with Crippen LogP contribution in [0.1, 0.15) is 349 Å². The Balaban J connectivity index is 5.36. The van der Waals surface area contributed by atoms with E-state index < -0.39 is 0 Å². The van der Waals surface area contributed by atoms with Gasteiger partial charge in [0.2, 0.25) is 0 Å². The lowest BCUT2D eigenvalue weighted by molar-refractivity contribution is 0.0813. The summed E-state index contributed by atoms with van der Waals surface area (Å²) >= 11 is 0. The van der Waals surface area contributed by atoms with Crippen molar-refractivity contribution in [1.29, 1.82) is 0 Å². The Morgan fingerprint density at radius 2 is 0.357 bits per heavy atom. The van der Waals surface area contributed by atoms with E-state index in [9.17, 15) is 0 Å². The van der Waals surface area contributed by atoms with Gasteiger partial charge in [0.1, 0.15) is 0 Å². The summed E-state index contributed by atoms with van der Waals surface area (Å²) in [5, 5.41) is 0. The lowest BCUT2D eigenvalue weighted by Crippen LogP contribution is -2.32. The summed E-state index contributed by atoms with van der Waals surface area (Å²) in [6.45, 7) is 11.8. The number of rotatable bonds is 50. The van der Waals surface area contributed by atoms with Crippen LogP contribution in [0.2, 0.25) is 0 Å². The number of hydrogen-bond acceptors (Lipinski definition) is 0. The SMILES string of the molecule is CCCCCCCCCCCCCCCCCCC(CCCCCCC)(CCCCCCCC)C(CCCCCCCCCC)CCCCCCCCCCC. The maximum atomic E-state index is 2.39. The smallest absolute Gasteiger partial charge is 0.0269 e. The molecular weight excluding hydrogens is 673 g/mol. The molecule has 2 atom stereocenters. The molecule has 0 N–H and O–H groups in total. The van der Waals surface area contributed by atoms with E-state index in [-0.39, 0.29) is 0 Å². The van der Waals surface area contributed by atoms with Crippen LogP contribution in [0, 0.1) is 11.3 Å². The highest BCUT2D eigenvalue weighted by Gasteiger charge is 2.36. The number of unbranched alkanes of at least 4 members (excludes halogenated alkanes) is 39. The predicted octanol–water partition coefficient (Wildman–Crippen LogP) is 21.8. The molecule has 0 heteroatoms. The molecule has 0 rings (SSSR count). The molecule has 0 aromatic rings. The van der Waals surface area contributed by atoms with Gasteiger partial charge in [-0.3, -0.25) is 0 Å². The minimum absolute atomic E-state index is 0.633. The Morgan fingerprint density at radius 3 is 0.554 bits per heavy atom. The minimum atomic E-state index is 0.633. The van der Waals surface area contributed by atoms with Gasteiger partial charge in [0.25, 0.3) is 0 Å². The molecule has 0 amide bonds. The van der Waals surface area contributed by atoms with E-state index in [0.717, 1.165) is 5.92 Å². The van der Waals surface area contributed by atoms with Crippen molar-refractivity contribution in [1.82, 2.24) is 0 Å². The second kappa shape index (κ2) is 47.7. The Hall–Kier alpha value is 0. The third kappa shape index (κ3) is 38.2. The fraction of sp³-hybridized carbons (Fsp3) is 1.00. The summed E-state index contributed by atoms with van der Waals surface area (Å²) in [5.41, 5.74) is 0.633. The van der Waals surface area contributed by atoms with Gasteiger partial charge in [-0.25, -0.2) is 0 Å². The summed E-state index contributed by atoms with van der Waals surface area (Å²) in [6, 6.07) is 0. The van der Waals surface area contributed by atoms with Crippen molar-refractivity contribution < 1.29 is 0 Å². The summed E-state index contributed by atoms with van der Waals surface area (Å²) in [6.07, 6.45) is 72.7. The van der Waals surface area contributed by atoms with Crippen molar-refractivity contribution in [3.05, 3.63) is 0 Å². The van der Waals surface area contributed by atoms with E-state index in [4.69, 9.17) is 0 Å². The van der Waals surface area contributed by atoms with Crippen molar-refractivity contribution in [2.24, 2.45) is 11.3 Å². The van der Waals surface area contributed by atoms with Crippen molar-refractivity contribution in [2.45, 2.75) is 349 Å². The molecule has 0 fully saturated rings. The van der Waals surface area contributed by atoms with E-state index in [2.05, 4.69) is 34.6 Å². The molecule has 0 aliphatic rings. The van der Waals surface area contributed by atoms with Gasteiger partial charge in [-0.05, 0) is 43.4 Å². The first kappa shape index (κ1) is 56.0. The van der Waals surface area contributed by atoms with Gasteiger partial charge in [0.15, 0.2) is 0 Å². The van der Waals surface area contributed by atoms with Gasteiger partial charge in [0, 0.05) is 0 Å². The highest BCUT2D eigenvalue weighted by molar-refractivity contribution is 4.87. The first-order chi connectivity index (χ1) is 27.7. The third-order valence-electron chi connectivity index (χ3n) is 14.3. The minimum Gasteiger partial charge on any atom is -0.0654 e. The average molecular weight is 788 g/mol. The monoisotopic (exact) mass is 787 g/mol. The zero-order valence-electron chi connectivity index (χ0n) is 40.7. The van der Waals surface area contributed by atoms with Crippen LogP contribution in [-0.2, 0) is 0 Å². The second-order valence-corrected chi connectivity index (χ2v) is 19.7. The van der Waals surface area contributed by atoms with Crippen LogP contribution in [0.3, 0.4) is 0 Å². The largest absolute Gasteiger partial charge is 0.0654 e. The van der Waals surface area contributed by atoms with Crippen LogP contribution in [0.15, 0.2) is 0 Å². The van der Waals surface area contributed by atoms with Gasteiger partial charge in [0.05, 0.1) is 0 Å². The lowest BCUT2D eigenvalue weighted by Gasteiger charge is -2.43. The molecule has 0 aliphatic heterocycles. The second-order valence-electron chi connectivity index (χ2n) is 19.7. The zero-order chi connectivity index (χ0) is 40.7. The average Bonchev–Trinajstić information content (AvgIpc) is 3.21. The molecule has 0 bridgehead atoms. The molecule has 0 heterocycles. The molecule has 0 saturated heterocycles. The Kier molecular flexibility index (Phi) is 47.7. The quantitative estimate of drug-likeness (QED) is 0.0539. The molecular formula is C56H114. The van der Waals surface area contributed by atoms with Crippen LogP contribution < -0.4 is 0 Å². The van der Waals surface area contributed by atoms with E-state index in [1.807, 2.05) is 0 Å². The van der Waals surface area contributed by atoms with E-state index in [1.54, 1.807) is 32.1 Å². The first-order valence-corrected chi connectivity index (χ1v) is 27.7. The van der Waals surface area contributed by atoms with Gasteiger partial charge in [-0.2, -0.15) is 0 Å². The van der Waals surface area contributed by atoms with Gasteiger partial charge in [-0.15, -0.1) is 0 Å². The summed E-state index contributed by atoms with van der Waals surface area (Å²) in [4.78, 5) is 0. The fourth-order valence-corrected chi connectivity index (χ4v) is 10.3. The predicted molar refractivity (Wildman–Crippen MR) is 261 cm³/mol. The summed E-state index contributed by atoms with van der Waals surface area (Å²) in [7, 11) is 0. The standard InChI is InChI=1S/C56H114/c1-6-11-16-21-25-28-29-30-31-32-33-34-36-39-44-49-54-56(52-47-42-20-15-10-5,53-48-43-24-19-14-9-4)55(50-45-40-37-27-23-18-13-8-3)51-46-41-38-35-26-22-17-12-7-2/h55H,6-54H2,1-5H3. The molecule has 2 unspecified atom stereocenters. The molecule has 0 aliphatic carbocycles. The number of hydrogen-bond donors (Lipinski definition) is 0. The Morgan fingerprint density at radius 1 is 0.196 bits per heavy atom. The molecule has 0 nitrogen and oxygen atoms in total. The van der Waals surface area contributed by atoms with Crippen LogP contribution in [0.5, 0.6) is 0 Å². The van der Waals surface area contributed by atoms with E-state index in [0.29, 0.717) is 5.41 Å². The normalized spacial score (nSPS) is 13.4. The Bertz CT molecular complexity index is 680. The van der Waals surface area contributed by atoms with Crippen LogP contribution in [0.25, 0.3) is 0 Å². The molecule has 0 radical (unpaired) electrons. The highest BCUT2D eigenvalue weighted by Crippen LogP contribution is 2.48. The highest BCUT2D eigenvalue weighted by atomic mass is 14.4. The third-order valence-corrected chi connectivity index (χ3v) is 14.3. The zero-order valence-corrected chi connectivity index (χ0v) is 40.7. The first-order valence-electron chi connectivity index (χ1n) is 27.7. The van der Waals surface area contributed by atoms with Crippen molar-refractivity contribution in [3.8, 4) is 0 Å². The topological polar surface area (TPSA) is 0 Å². The molecule has 0 spiro atoms. The van der Waals surface area contributed by atoms with Crippen molar-refractivity contribution in [3.63, 3.8) is 0 Å². The van der Waals surface area contributed by atoms with E-state index in [1.165, 1.54) is 283 Å². The summed E-state index contributed by atoms with van der Waals surface area (Å²) < 4.78 is 0. The molecule has 0 saturated carbocycles. The van der Waals surface area contributed by atoms with Crippen molar-refractivity contribution in [2.75, 3.05) is 0 Å². The van der Waals surface area contributed by atoms with Gasteiger partial charge < -0.3 is 0 Å². The van der Waals surface area contributed by atoms with Gasteiger partial charge >= 0.3 is 0 Å². The maximum absolute atomic E-state index is 2.39. The van der Waals surface area contributed by atoms with Crippen LogP contribution >= 0.6 is 0 Å².